The number of carbonyl (C=O) groups excluding carboxylic acids is 3. The molecule has 0 radical (unpaired) electrons. The molecule has 0 spiro atoms. The van der Waals surface area contributed by atoms with Gasteiger partial charge in [-0.05, 0) is 87.6 Å². The van der Waals surface area contributed by atoms with Gasteiger partial charge in [0.1, 0.15) is 12.4 Å². The highest BCUT2D eigenvalue weighted by atomic mass is 16.6. The Hall–Kier alpha value is -4.03. The van der Waals surface area contributed by atoms with Gasteiger partial charge in [-0.1, -0.05) is 24.3 Å². The van der Waals surface area contributed by atoms with E-state index in [0.717, 1.165) is 85.6 Å². The van der Waals surface area contributed by atoms with Crippen LogP contribution in [0.5, 0.6) is 5.75 Å². The number of amides is 4. The van der Waals surface area contributed by atoms with Gasteiger partial charge in [0, 0.05) is 77.1 Å². The number of anilines is 2. The van der Waals surface area contributed by atoms with Crippen molar-refractivity contribution in [2.45, 2.75) is 89.0 Å². The predicted molar refractivity (Wildman–Crippen MR) is 195 cm³/mol. The molecule has 2 aromatic carbocycles. The summed E-state index contributed by atoms with van der Waals surface area (Å²) in [6.45, 7) is 9.85. The van der Waals surface area contributed by atoms with Crippen molar-refractivity contribution in [1.29, 1.82) is 0 Å². The summed E-state index contributed by atoms with van der Waals surface area (Å²) in [5.41, 5.74) is 4.41. The lowest BCUT2D eigenvalue weighted by atomic mass is 9.91. The molecule has 2 aromatic rings. The molecule has 2 N–H and O–H groups in total. The summed E-state index contributed by atoms with van der Waals surface area (Å²) < 4.78 is 12.2. The van der Waals surface area contributed by atoms with Crippen molar-refractivity contribution in [3.63, 3.8) is 0 Å². The number of nitrogens with zero attached hydrogens (tertiary/aromatic N) is 5. The van der Waals surface area contributed by atoms with Gasteiger partial charge < -0.3 is 44.4 Å². The lowest BCUT2D eigenvalue weighted by Gasteiger charge is -2.43. The summed E-state index contributed by atoms with van der Waals surface area (Å²) >= 11 is 0. The maximum Gasteiger partial charge on any atom is 0.410 e. The maximum absolute atomic E-state index is 14.2. The molecule has 0 aromatic heterocycles. The Balaban J connectivity index is 1.01. The number of hydrogen-bond acceptors (Lipinski definition) is 8. The van der Waals surface area contributed by atoms with Gasteiger partial charge in [0.05, 0.1) is 17.8 Å². The van der Waals surface area contributed by atoms with E-state index >= 15 is 0 Å². The summed E-state index contributed by atoms with van der Waals surface area (Å²) in [5, 5.41) is 13.5. The lowest BCUT2D eigenvalue weighted by molar-refractivity contribution is -0.142. The van der Waals surface area contributed by atoms with Crippen LogP contribution >= 0.6 is 0 Å². The minimum absolute atomic E-state index is 0.0183. The zero-order chi connectivity index (χ0) is 35.7. The zero-order valence-electron chi connectivity index (χ0n) is 30.4. The summed E-state index contributed by atoms with van der Waals surface area (Å²) in [6.07, 6.45) is 4.12. The van der Waals surface area contributed by atoms with Gasteiger partial charge in [0.2, 0.25) is 0 Å². The SMILES string of the molecule is Cc1cc(C[C@@H](OC(=O)N2CCC(N3CCc4ccccc4NC3=O)CC2)C(=O)N2CCC(N3CCC(C)(O)CC3)CC2)cc2c1N(C)CCO2. The minimum atomic E-state index is -0.967. The van der Waals surface area contributed by atoms with Crippen LogP contribution in [0.25, 0.3) is 0 Å². The van der Waals surface area contributed by atoms with Crippen molar-refractivity contribution in [1.82, 2.24) is 19.6 Å². The van der Waals surface area contributed by atoms with Crippen LogP contribution in [0.4, 0.5) is 21.0 Å². The van der Waals surface area contributed by atoms with Gasteiger partial charge >= 0.3 is 12.1 Å². The second-order valence-corrected chi connectivity index (χ2v) is 15.4. The van der Waals surface area contributed by atoms with Crippen LogP contribution in [0, 0.1) is 6.92 Å². The number of likely N-dealkylation sites (N-methyl/N-ethyl adjacent to an activating group) is 1. The summed E-state index contributed by atoms with van der Waals surface area (Å²) in [5.74, 6) is 0.632. The largest absolute Gasteiger partial charge is 0.490 e. The fourth-order valence-electron chi connectivity index (χ4n) is 8.65. The molecule has 3 saturated heterocycles. The van der Waals surface area contributed by atoms with E-state index in [-0.39, 0.29) is 24.4 Å². The van der Waals surface area contributed by atoms with E-state index < -0.39 is 17.8 Å². The van der Waals surface area contributed by atoms with Crippen LogP contribution in [0.1, 0.15) is 62.1 Å². The Labute approximate surface area is 301 Å². The van der Waals surface area contributed by atoms with Crippen LogP contribution in [0.3, 0.4) is 0 Å². The second-order valence-electron chi connectivity index (χ2n) is 15.4. The number of likely N-dealkylation sites (tertiary alicyclic amines) is 3. The number of ether oxygens (including phenoxy) is 2. The Morgan fingerprint density at radius 2 is 1.65 bits per heavy atom. The van der Waals surface area contributed by atoms with Crippen molar-refractivity contribution in [2.75, 3.05) is 76.2 Å². The smallest absolute Gasteiger partial charge is 0.410 e. The van der Waals surface area contributed by atoms with E-state index in [1.54, 1.807) is 4.90 Å². The normalized spacial score (nSPS) is 22.3. The van der Waals surface area contributed by atoms with Gasteiger partial charge in [-0.3, -0.25) is 4.79 Å². The van der Waals surface area contributed by atoms with E-state index in [9.17, 15) is 19.5 Å². The summed E-state index contributed by atoms with van der Waals surface area (Å²) in [4.78, 5) is 51.3. The molecule has 51 heavy (non-hydrogen) atoms. The minimum Gasteiger partial charge on any atom is -0.490 e. The number of urea groups is 1. The molecule has 7 rings (SSSR count). The third-order valence-corrected chi connectivity index (χ3v) is 11.8. The molecule has 4 amide bonds. The highest BCUT2D eigenvalue weighted by Crippen LogP contribution is 2.36. The molecular formula is C39H54N6O6. The monoisotopic (exact) mass is 702 g/mol. The number of piperidine rings is 3. The van der Waals surface area contributed by atoms with E-state index in [2.05, 4.69) is 41.2 Å². The molecule has 0 bridgehead atoms. The molecule has 0 saturated carbocycles. The Bertz CT molecular complexity index is 1590. The molecule has 0 aliphatic carbocycles. The van der Waals surface area contributed by atoms with Crippen molar-refractivity contribution >= 4 is 29.4 Å². The van der Waals surface area contributed by atoms with E-state index in [1.165, 1.54) is 0 Å². The summed E-state index contributed by atoms with van der Waals surface area (Å²) in [7, 11) is 2.06. The number of aryl methyl sites for hydroxylation is 1. The fraction of sp³-hybridized carbons (Fsp3) is 0.615. The molecule has 5 aliphatic heterocycles. The number of benzene rings is 2. The Morgan fingerprint density at radius 3 is 2.39 bits per heavy atom. The van der Waals surface area contributed by atoms with Gasteiger partial charge in [-0.15, -0.1) is 0 Å². The van der Waals surface area contributed by atoms with Crippen LogP contribution < -0.4 is 15.0 Å². The first-order valence-electron chi connectivity index (χ1n) is 18.9. The molecule has 0 unspecified atom stereocenters. The Kier molecular flexibility index (Phi) is 10.3. The third-order valence-electron chi connectivity index (χ3n) is 11.8. The van der Waals surface area contributed by atoms with E-state index in [1.807, 2.05) is 41.0 Å². The fourth-order valence-corrected chi connectivity index (χ4v) is 8.65. The molecule has 12 heteroatoms. The van der Waals surface area contributed by atoms with Crippen molar-refractivity contribution < 1.29 is 29.0 Å². The van der Waals surface area contributed by atoms with Crippen LogP contribution in [0.2, 0.25) is 0 Å². The Morgan fingerprint density at radius 1 is 0.961 bits per heavy atom. The second kappa shape index (κ2) is 14.9. The zero-order valence-corrected chi connectivity index (χ0v) is 30.4. The standard InChI is InChI=1S/C39H54N6O6/c1-27-24-28(25-33-35(27)41(3)22-23-50-33)26-34(36(46)43-15-9-30(10-16-43)42-20-13-39(2,49)14-21-42)51-38(48)44-17-11-31(12-18-44)45-19-8-29-6-4-5-7-32(29)40-37(45)47/h4-7,24-25,30-31,34,49H,8-23,26H2,1-3H3,(H,40,47)/t34-/m1/s1. The summed E-state index contributed by atoms with van der Waals surface area (Å²) in [6, 6.07) is 12.3. The van der Waals surface area contributed by atoms with Gasteiger partial charge in [-0.25, -0.2) is 9.59 Å². The number of rotatable bonds is 6. The first-order chi connectivity index (χ1) is 24.5. The molecule has 12 nitrogen and oxygen atoms in total. The number of para-hydroxylation sites is 1. The number of aliphatic hydroxyl groups is 1. The van der Waals surface area contributed by atoms with Gasteiger partial charge in [-0.2, -0.15) is 0 Å². The lowest BCUT2D eigenvalue weighted by Crippen LogP contribution is -2.54. The van der Waals surface area contributed by atoms with Gasteiger partial charge in [0.15, 0.2) is 6.10 Å². The van der Waals surface area contributed by atoms with Crippen LogP contribution in [-0.2, 0) is 22.4 Å². The average molecular weight is 703 g/mol. The number of carbonyl (C=O) groups is 3. The third kappa shape index (κ3) is 7.91. The quantitative estimate of drug-likeness (QED) is 0.459. The molecule has 5 aliphatic rings. The number of fused-ring (bicyclic) bond motifs is 2. The molecular weight excluding hydrogens is 648 g/mol. The highest BCUT2D eigenvalue weighted by Gasteiger charge is 2.38. The molecule has 5 heterocycles. The first kappa shape index (κ1) is 35.4. The van der Waals surface area contributed by atoms with Crippen molar-refractivity contribution in [3.05, 3.63) is 53.1 Å². The maximum atomic E-state index is 14.2. The molecule has 276 valence electrons. The average Bonchev–Trinajstić information content (AvgIpc) is 3.29. The molecule has 1 atom stereocenters. The number of hydrogen-bond donors (Lipinski definition) is 2. The van der Waals surface area contributed by atoms with E-state index in [4.69, 9.17) is 9.47 Å². The van der Waals surface area contributed by atoms with E-state index in [0.29, 0.717) is 58.2 Å². The molecule has 3 fully saturated rings. The highest BCUT2D eigenvalue weighted by molar-refractivity contribution is 5.91. The topological polar surface area (TPSA) is 118 Å². The number of nitrogens with one attached hydrogen (secondary N) is 1. The first-order valence-corrected chi connectivity index (χ1v) is 18.9. The van der Waals surface area contributed by atoms with Gasteiger partial charge in [0.25, 0.3) is 5.91 Å². The predicted octanol–water partition coefficient (Wildman–Crippen LogP) is 4.26. The van der Waals surface area contributed by atoms with Crippen LogP contribution in [-0.4, -0.2) is 133 Å². The van der Waals surface area contributed by atoms with Crippen molar-refractivity contribution in [2.24, 2.45) is 0 Å². The van der Waals surface area contributed by atoms with Crippen LogP contribution in [0.15, 0.2) is 36.4 Å². The van der Waals surface area contributed by atoms with Crippen molar-refractivity contribution in [3.8, 4) is 5.75 Å².